The molecule has 92 valence electrons. The smallest absolute Gasteiger partial charge is 0.101 e. The third-order valence-corrected chi connectivity index (χ3v) is 3.48. The minimum absolute atomic E-state index is 0.135. The van der Waals surface area contributed by atoms with E-state index in [0.29, 0.717) is 12.0 Å². The second-order valence-corrected chi connectivity index (χ2v) is 5.23. The summed E-state index contributed by atoms with van der Waals surface area (Å²) in [7, 11) is 0. The maximum absolute atomic E-state index is 9.08. The van der Waals surface area contributed by atoms with Gasteiger partial charge in [-0.3, -0.25) is 0 Å². The average molecular weight is 297 g/mol. The standard InChI is InChI=1S/C13H17BrN2O/c1-3-13(2,6-7-17)16-12-5-4-11(14)8-10(12)9-15/h4-5,8,16-17H,3,6-7H2,1-2H3. The highest BCUT2D eigenvalue weighted by molar-refractivity contribution is 9.10. The van der Waals surface area contributed by atoms with Crippen molar-refractivity contribution in [1.82, 2.24) is 0 Å². The van der Waals surface area contributed by atoms with Crippen LogP contribution in [0.3, 0.4) is 0 Å². The van der Waals surface area contributed by atoms with Gasteiger partial charge in [-0.25, -0.2) is 0 Å². The van der Waals surface area contributed by atoms with Crippen molar-refractivity contribution in [2.75, 3.05) is 11.9 Å². The zero-order valence-corrected chi connectivity index (χ0v) is 11.7. The molecule has 0 saturated heterocycles. The number of rotatable bonds is 5. The number of hydrogen-bond donors (Lipinski definition) is 2. The van der Waals surface area contributed by atoms with E-state index in [4.69, 9.17) is 10.4 Å². The van der Waals surface area contributed by atoms with Crippen LogP contribution in [0.25, 0.3) is 0 Å². The Kier molecular flexibility index (Phi) is 4.98. The van der Waals surface area contributed by atoms with E-state index < -0.39 is 0 Å². The molecule has 0 aliphatic heterocycles. The third-order valence-electron chi connectivity index (χ3n) is 2.98. The Labute approximate surface area is 111 Å². The summed E-state index contributed by atoms with van der Waals surface area (Å²) in [6.45, 7) is 4.25. The Morgan fingerprint density at radius 2 is 2.24 bits per heavy atom. The number of aliphatic hydroxyl groups excluding tert-OH is 1. The summed E-state index contributed by atoms with van der Waals surface area (Å²) in [6, 6.07) is 7.74. The van der Waals surface area contributed by atoms with Crippen LogP contribution >= 0.6 is 15.9 Å². The van der Waals surface area contributed by atoms with E-state index in [9.17, 15) is 0 Å². The molecule has 1 rings (SSSR count). The Bertz CT molecular complexity index is 428. The lowest BCUT2D eigenvalue weighted by Crippen LogP contribution is -2.35. The van der Waals surface area contributed by atoms with Crippen molar-refractivity contribution in [2.45, 2.75) is 32.2 Å². The lowest BCUT2D eigenvalue weighted by Gasteiger charge is -2.30. The van der Waals surface area contributed by atoms with Crippen molar-refractivity contribution in [2.24, 2.45) is 0 Å². The molecule has 0 spiro atoms. The highest BCUT2D eigenvalue weighted by Gasteiger charge is 2.22. The van der Waals surface area contributed by atoms with Gasteiger partial charge in [0.15, 0.2) is 0 Å². The van der Waals surface area contributed by atoms with Crippen LogP contribution in [0.2, 0.25) is 0 Å². The number of aliphatic hydroxyl groups is 1. The van der Waals surface area contributed by atoms with E-state index in [1.54, 1.807) is 6.07 Å². The first-order valence-electron chi connectivity index (χ1n) is 5.63. The maximum Gasteiger partial charge on any atom is 0.101 e. The van der Waals surface area contributed by atoms with E-state index in [2.05, 4.69) is 34.2 Å². The minimum Gasteiger partial charge on any atom is -0.396 e. The second-order valence-electron chi connectivity index (χ2n) is 4.31. The lowest BCUT2D eigenvalue weighted by molar-refractivity contribution is 0.252. The van der Waals surface area contributed by atoms with Gasteiger partial charge in [0.1, 0.15) is 6.07 Å². The molecule has 0 amide bonds. The average Bonchev–Trinajstić information content (AvgIpc) is 2.32. The SMILES string of the molecule is CCC(C)(CCO)Nc1ccc(Br)cc1C#N. The number of benzene rings is 1. The molecule has 2 N–H and O–H groups in total. The number of anilines is 1. The molecule has 0 aromatic heterocycles. The molecular formula is C13H17BrN2O. The van der Waals surface area contributed by atoms with Crippen LogP contribution in [0.4, 0.5) is 5.69 Å². The van der Waals surface area contributed by atoms with E-state index >= 15 is 0 Å². The van der Waals surface area contributed by atoms with Crippen LogP contribution in [0.1, 0.15) is 32.3 Å². The Morgan fingerprint density at radius 1 is 1.53 bits per heavy atom. The van der Waals surface area contributed by atoms with Crippen LogP contribution in [-0.4, -0.2) is 17.3 Å². The fourth-order valence-corrected chi connectivity index (χ4v) is 1.98. The van der Waals surface area contributed by atoms with Gasteiger partial charge in [0.25, 0.3) is 0 Å². The first-order valence-corrected chi connectivity index (χ1v) is 6.42. The van der Waals surface area contributed by atoms with Crippen LogP contribution in [-0.2, 0) is 0 Å². The monoisotopic (exact) mass is 296 g/mol. The van der Waals surface area contributed by atoms with Crippen molar-refractivity contribution < 1.29 is 5.11 Å². The summed E-state index contributed by atoms with van der Waals surface area (Å²) in [6.07, 6.45) is 1.54. The van der Waals surface area contributed by atoms with E-state index in [1.165, 1.54) is 0 Å². The molecule has 1 aromatic rings. The molecule has 1 unspecified atom stereocenters. The van der Waals surface area contributed by atoms with Gasteiger partial charge in [-0.2, -0.15) is 5.26 Å². The third kappa shape index (κ3) is 3.72. The van der Waals surface area contributed by atoms with E-state index in [-0.39, 0.29) is 12.1 Å². The van der Waals surface area contributed by atoms with Gasteiger partial charge < -0.3 is 10.4 Å². The summed E-state index contributed by atoms with van der Waals surface area (Å²) in [5.74, 6) is 0. The summed E-state index contributed by atoms with van der Waals surface area (Å²) in [5.41, 5.74) is 1.24. The van der Waals surface area contributed by atoms with Crippen LogP contribution in [0, 0.1) is 11.3 Å². The van der Waals surface area contributed by atoms with Gasteiger partial charge in [-0.1, -0.05) is 22.9 Å². The molecule has 17 heavy (non-hydrogen) atoms. The molecule has 0 heterocycles. The Balaban J connectivity index is 2.98. The predicted octanol–water partition coefficient (Wildman–Crippen LogP) is 3.28. The van der Waals surface area contributed by atoms with Crippen LogP contribution in [0.5, 0.6) is 0 Å². The van der Waals surface area contributed by atoms with Gasteiger partial charge in [-0.15, -0.1) is 0 Å². The number of nitriles is 1. The van der Waals surface area contributed by atoms with Crippen LogP contribution in [0.15, 0.2) is 22.7 Å². The molecule has 0 aliphatic rings. The molecule has 0 bridgehead atoms. The fraction of sp³-hybridized carbons (Fsp3) is 0.462. The van der Waals surface area contributed by atoms with Crippen molar-refractivity contribution in [3.05, 3.63) is 28.2 Å². The minimum atomic E-state index is -0.186. The highest BCUT2D eigenvalue weighted by Crippen LogP contribution is 2.26. The molecule has 1 aromatic carbocycles. The first-order chi connectivity index (χ1) is 8.04. The molecule has 4 heteroatoms. The highest BCUT2D eigenvalue weighted by atomic mass is 79.9. The zero-order valence-electron chi connectivity index (χ0n) is 10.1. The summed E-state index contributed by atoms with van der Waals surface area (Å²) in [5, 5.41) is 21.5. The number of nitrogens with zero attached hydrogens (tertiary/aromatic N) is 1. The number of nitrogens with one attached hydrogen (secondary N) is 1. The van der Waals surface area contributed by atoms with E-state index in [1.807, 2.05) is 19.1 Å². The van der Waals surface area contributed by atoms with Crippen molar-refractivity contribution in [3.63, 3.8) is 0 Å². The normalized spacial score (nSPS) is 13.8. The lowest BCUT2D eigenvalue weighted by atomic mass is 9.94. The summed E-state index contributed by atoms with van der Waals surface area (Å²) < 4.78 is 0.889. The Morgan fingerprint density at radius 3 is 2.76 bits per heavy atom. The molecule has 0 aliphatic carbocycles. The van der Waals surface area contributed by atoms with E-state index in [0.717, 1.165) is 16.6 Å². The van der Waals surface area contributed by atoms with Gasteiger partial charge in [0.2, 0.25) is 0 Å². The summed E-state index contributed by atoms with van der Waals surface area (Å²) in [4.78, 5) is 0. The fourth-order valence-electron chi connectivity index (χ4n) is 1.62. The zero-order chi connectivity index (χ0) is 12.9. The molecule has 1 atom stereocenters. The van der Waals surface area contributed by atoms with Gasteiger partial charge in [0, 0.05) is 16.6 Å². The number of halogens is 1. The molecular weight excluding hydrogens is 280 g/mol. The number of hydrogen-bond acceptors (Lipinski definition) is 3. The summed E-state index contributed by atoms with van der Waals surface area (Å²) >= 11 is 3.35. The van der Waals surface area contributed by atoms with Crippen LogP contribution < -0.4 is 5.32 Å². The predicted molar refractivity (Wildman–Crippen MR) is 72.9 cm³/mol. The molecule has 3 nitrogen and oxygen atoms in total. The van der Waals surface area contributed by atoms with Crippen molar-refractivity contribution in [3.8, 4) is 6.07 Å². The van der Waals surface area contributed by atoms with Crippen molar-refractivity contribution >= 4 is 21.6 Å². The van der Waals surface area contributed by atoms with Gasteiger partial charge in [-0.05, 0) is 38.0 Å². The molecule has 0 radical (unpaired) electrons. The second kappa shape index (κ2) is 6.04. The topological polar surface area (TPSA) is 56.0 Å². The largest absolute Gasteiger partial charge is 0.396 e. The van der Waals surface area contributed by atoms with Crippen molar-refractivity contribution in [1.29, 1.82) is 5.26 Å². The Hall–Kier alpha value is -1.05. The van der Waals surface area contributed by atoms with Gasteiger partial charge in [0.05, 0.1) is 11.3 Å². The molecule has 0 fully saturated rings. The maximum atomic E-state index is 9.08. The van der Waals surface area contributed by atoms with Gasteiger partial charge >= 0.3 is 0 Å². The molecule has 0 saturated carbocycles. The quantitative estimate of drug-likeness (QED) is 0.877. The first kappa shape index (κ1) is 14.0.